The number of carbonyl (C=O) groups is 1. The van der Waals surface area contributed by atoms with Crippen molar-refractivity contribution in [3.63, 3.8) is 0 Å². The summed E-state index contributed by atoms with van der Waals surface area (Å²) in [5.74, 6) is -0.293. The average Bonchev–Trinajstić information content (AvgIpc) is 2.78. The van der Waals surface area contributed by atoms with E-state index in [1.165, 1.54) is 11.3 Å². The molecule has 0 aliphatic heterocycles. The van der Waals surface area contributed by atoms with Crippen LogP contribution in [0.2, 0.25) is 5.02 Å². The van der Waals surface area contributed by atoms with Gasteiger partial charge in [-0.2, -0.15) is 0 Å². The van der Waals surface area contributed by atoms with Crippen molar-refractivity contribution < 1.29 is 4.79 Å². The van der Waals surface area contributed by atoms with E-state index < -0.39 is 0 Å². The third kappa shape index (κ3) is 3.18. The predicted octanol–water partition coefficient (Wildman–Crippen LogP) is 2.88. The van der Waals surface area contributed by atoms with Crippen LogP contribution in [0.25, 0.3) is 0 Å². The van der Waals surface area contributed by atoms with Crippen molar-refractivity contribution in [1.29, 1.82) is 0 Å². The number of halogens is 1. The van der Waals surface area contributed by atoms with Crippen LogP contribution in [0, 0.1) is 0 Å². The Balaban J connectivity index is 2.07. The molecule has 5 nitrogen and oxygen atoms in total. The number of benzene rings is 1. The van der Waals surface area contributed by atoms with E-state index in [4.69, 9.17) is 11.6 Å². The second kappa shape index (κ2) is 5.79. The van der Waals surface area contributed by atoms with E-state index in [9.17, 15) is 4.79 Å². The van der Waals surface area contributed by atoms with E-state index in [0.717, 1.165) is 6.54 Å². The molecule has 2 aromatic rings. The maximum atomic E-state index is 11.9. The molecule has 0 atom stereocenters. The number of nitrogens with zero attached hydrogens (tertiary/aromatic N) is 2. The second-order valence-corrected chi connectivity index (χ2v) is 4.82. The van der Waals surface area contributed by atoms with E-state index in [2.05, 4.69) is 20.8 Å². The molecule has 0 fully saturated rings. The third-order valence-corrected chi connectivity index (χ3v) is 3.14. The first-order chi connectivity index (χ1) is 8.69. The quantitative estimate of drug-likeness (QED) is 0.905. The molecule has 1 aromatic heterocycles. The molecule has 1 amide bonds. The number of amides is 1. The summed E-state index contributed by atoms with van der Waals surface area (Å²) in [7, 11) is 0. The first-order valence-corrected chi connectivity index (χ1v) is 6.53. The molecule has 94 valence electrons. The molecule has 1 heterocycles. The van der Waals surface area contributed by atoms with Gasteiger partial charge in [-0.3, -0.25) is 4.79 Å². The fraction of sp³-hybridized carbons (Fsp3) is 0.182. The molecule has 0 saturated carbocycles. The van der Waals surface area contributed by atoms with Gasteiger partial charge in [0.1, 0.15) is 0 Å². The fourth-order valence-electron chi connectivity index (χ4n) is 1.29. The lowest BCUT2D eigenvalue weighted by atomic mass is 10.3. The highest BCUT2D eigenvalue weighted by molar-refractivity contribution is 7.17. The van der Waals surface area contributed by atoms with Crippen molar-refractivity contribution in [2.45, 2.75) is 6.92 Å². The van der Waals surface area contributed by atoms with Crippen LogP contribution in [0.5, 0.6) is 0 Å². The van der Waals surface area contributed by atoms with Crippen LogP contribution in [0.3, 0.4) is 0 Å². The molecule has 2 N–H and O–H groups in total. The van der Waals surface area contributed by atoms with Crippen molar-refractivity contribution in [1.82, 2.24) is 10.2 Å². The van der Waals surface area contributed by atoms with Crippen molar-refractivity contribution in [2.75, 3.05) is 17.2 Å². The number of anilines is 2. The van der Waals surface area contributed by atoms with Gasteiger partial charge in [0.15, 0.2) is 0 Å². The maximum absolute atomic E-state index is 11.9. The normalized spacial score (nSPS) is 10.1. The molecular weight excluding hydrogens is 272 g/mol. The van der Waals surface area contributed by atoms with Gasteiger partial charge in [-0.15, -0.1) is 10.2 Å². The summed E-state index contributed by atoms with van der Waals surface area (Å²) >= 11 is 7.04. The SMILES string of the molecule is CCNc1nnc(C(=O)Nc2cccc(Cl)c2)s1. The van der Waals surface area contributed by atoms with E-state index >= 15 is 0 Å². The molecule has 0 aliphatic rings. The Morgan fingerprint density at radius 3 is 3.00 bits per heavy atom. The lowest BCUT2D eigenvalue weighted by molar-refractivity contribution is 0.102. The largest absolute Gasteiger partial charge is 0.360 e. The highest BCUT2D eigenvalue weighted by Gasteiger charge is 2.12. The van der Waals surface area contributed by atoms with Crippen molar-refractivity contribution in [3.05, 3.63) is 34.3 Å². The van der Waals surface area contributed by atoms with Gasteiger partial charge in [-0.05, 0) is 25.1 Å². The lowest BCUT2D eigenvalue weighted by Gasteiger charge is -2.02. The first-order valence-electron chi connectivity index (χ1n) is 5.33. The van der Waals surface area contributed by atoms with Gasteiger partial charge in [0, 0.05) is 17.3 Å². The van der Waals surface area contributed by atoms with Crippen LogP contribution in [-0.4, -0.2) is 22.6 Å². The highest BCUT2D eigenvalue weighted by Crippen LogP contribution is 2.18. The molecule has 0 aliphatic carbocycles. The van der Waals surface area contributed by atoms with Crippen LogP contribution in [0.1, 0.15) is 16.7 Å². The predicted molar refractivity (Wildman–Crippen MR) is 73.5 cm³/mol. The smallest absolute Gasteiger partial charge is 0.286 e. The maximum Gasteiger partial charge on any atom is 0.286 e. The van der Waals surface area contributed by atoms with Crippen LogP contribution in [-0.2, 0) is 0 Å². The summed E-state index contributed by atoms with van der Waals surface area (Å²) in [5.41, 5.74) is 0.632. The monoisotopic (exact) mass is 282 g/mol. The summed E-state index contributed by atoms with van der Waals surface area (Å²) in [6.45, 7) is 2.69. The summed E-state index contributed by atoms with van der Waals surface area (Å²) < 4.78 is 0. The molecule has 1 aromatic carbocycles. The van der Waals surface area contributed by atoms with Crippen LogP contribution < -0.4 is 10.6 Å². The van der Waals surface area contributed by atoms with Crippen LogP contribution >= 0.6 is 22.9 Å². The minimum absolute atomic E-state index is 0.293. The Morgan fingerprint density at radius 2 is 2.28 bits per heavy atom. The minimum atomic E-state index is -0.293. The molecule has 0 spiro atoms. The number of aromatic nitrogens is 2. The Bertz CT molecular complexity index is 557. The molecule has 2 rings (SSSR count). The van der Waals surface area contributed by atoms with E-state index in [1.807, 2.05) is 6.92 Å². The lowest BCUT2D eigenvalue weighted by Crippen LogP contribution is -2.11. The number of carbonyl (C=O) groups excluding carboxylic acids is 1. The molecule has 0 radical (unpaired) electrons. The third-order valence-electron chi connectivity index (χ3n) is 2.03. The summed E-state index contributed by atoms with van der Waals surface area (Å²) in [4.78, 5) is 11.9. The first kappa shape index (κ1) is 12.8. The Hall–Kier alpha value is -1.66. The average molecular weight is 283 g/mol. The van der Waals surface area contributed by atoms with Gasteiger partial charge in [-0.25, -0.2) is 0 Å². The summed E-state index contributed by atoms with van der Waals surface area (Å²) in [6.07, 6.45) is 0. The van der Waals surface area contributed by atoms with Gasteiger partial charge >= 0.3 is 0 Å². The number of hydrogen-bond acceptors (Lipinski definition) is 5. The number of rotatable bonds is 4. The molecule has 18 heavy (non-hydrogen) atoms. The minimum Gasteiger partial charge on any atom is -0.360 e. The van der Waals surface area contributed by atoms with Gasteiger partial charge in [-0.1, -0.05) is 29.0 Å². The summed E-state index contributed by atoms with van der Waals surface area (Å²) in [5, 5.41) is 14.9. The van der Waals surface area contributed by atoms with E-state index in [1.54, 1.807) is 24.3 Å². The topological polar surface area (TPSA) is 66.9 Å². The van der Waals surface area contributed by atoms with Crippen molar-refractivity contribution >= 4 is 39.7 Å². The summed E-state index contributed by atoms with van der Waals surface area (Å²) in [6, 6.07) is 6.94. The zero-order chi connectivity index (χ0) is 13.0. The van der Waals surface area contributed by atoms with E-state index in [0.29, 0.717) is 20.8 Å². The molecule has 0 saturated heterocycles. The van der Waals surface area contributed by atoms with E-state index in [-0.39, 0.29) is 5.91 Å². The van der Waals surface area contributed by atoms with Gasteiger partial charge in [0.25, 0.3) is 5.91 Å². The molecular formula is C11H11ClN4OS. The molecule has 7 heteroatoms. The second-order valence-electron chi connectivity index (χ2n) is 3.41. The van der Waals surface area contributed by atoms with Gasteiger partial charge in [0.2, 0.25) is 10.1 Å². The Morgan fingerprint density at radius 1 is 1.44 bits per heavy atom. The van der Waals surface area contributed by atoms with Crippen LogP contribution in [0.4, 0.5) is 10.8 Å². The molecule has 0 bridgehead atoms. The standard InChI is InChI=1S/C11H11ClN4OS/c1-2-13-11-16-15-10(18-11)9(17)14-8-5-3-4-7(12)6-8/h3-6H,2H2,1H3,(H,13,16)(H,14,17). The molecule has 0 unspecified atom stereocenters. The fourth-order valence-corrected chi connectivity index (χ4v) is 2.19. The Labute approximate surface area is 113 Å². The van der Waals surface area contributed by atoms with Crippen molar-refractivity contribution in [3.8, 4) is 0 Å². The highest BCUT2D eigenvalue weighted by atomic mass is 35.5. The van der Waals surface area contributed by atoms with Crippen molar-refractivity contribution in [2.24, 2.45) is 0 Å². The van der Waals surface area contributed by atoms with Gasteiger partial charge in [0.05, 0.1) is 0 Å². The van der Waals surface area contributed by atoms with Crippen LogP contribution in [0.15, 0.2) is 24.3 Å². The zero-order valence-electron chi connectivity index (χ0n) is 9.61. The Kier molecular flexibility index (Phi) is 4.11. The number of nitrogens with one attached hydrogen (secondary N) is 2. The van der Waals surface area contributed by atoms with Gasteiger partial charge < -0.3 is 10.6 Å². The zero-order valence-corrected chi connectivity index (χ0v) is 11.2. The number of hydrogen-bond donors (Lipinski definition) is 2.